The van der Waals surface area contributed by atoms with Crippen molar-refractivity contribution in [3.8, 4) is 0 Å². The van der Waals surface area contributed by atoms with E-state index in [1.165, 1.54) is 10.9 Å². The SMILES string of the molecule is CC(C)n1c2ccccc2c2cccc(C=O)c21. The second kappa shape index (κ2) is 3.98. The Kier molecular flexibility index (Phi) is 2.44. The number of rotatable bonds is 2. The molecule has 2 heteroatoms. The predicted octanol–water partition coefficient (Wildman–Crippen LogP) is 4.19. The van der Waals surface area contributed by atoms with Crippen molar-refractivity contribution in [2.75, 3.05) is 0 Å². The molecule has 0 spiro atoms. The van der Waals surface area contributed by atoms with Crippen molar-refractivity contribution in [2.45, 2.75) is 19.9 Å². The molecule has 0 unspecified atom stereocenters. The molecule has 3 rings (SSSR count). The summed E-state index contributed by atoms with van der Waals surface area (Å²) in [5.41, 5.74) is 3.00. The molecule has 0 radical (unpaired) electrons. The summed E-state index contributed by atoms with van der Waals surface area (Å²) in [5, 5.41) is 2.37. The summed E-state index contributed by atoms with van der Waals surface area (Å²) >= 11 is 0. The van der Waals surface area contributed by atoms with Gasteiger partial charge in [-0.2, -0.15) is 0 Å². The lowest BCUT2D eigenvalue weighted by Gasteiger charge is -2.12. The Hall–Kier alpha value is -2.09. The molecule has 0 bridgehead atoms. The van der Waals surface area contributed by atoms with Crippen LogP contribution in [0.4, 0.5) is 0 Å². The van der Waals surface area contributed by atoms with Gasteiger partial charge in [0.2, 0.25) is 0 Å². The monoisotopic (exact) mass is 237 g/mol. The predicted molar refractivity (Wildman–Crippen MR) is 75.2 cm³/mol. The maximum absolute atomic E-state index is 11.3. The zero-order valence-corrected chi connectivity index (χ0v) is 10.6. The first kappa shape index (κ1) is 11.0. The van der Waals surface area contributed by atoms with Gasteiger partial charge >= 0.3 is 0 Å². The van der Waals surface area contributed by atoms with E-state index in [0.29, 0.717) is 6.04 Å². The van der Waals surface area contributed by atoms with Gasteiger partial charge in [-0.1, -0.05) is 30.3 Å². The number of hydrogen-bond acceptors (Lipinski definition) is 1. The topological polar surface area (TPSA) is 22.0 Å². The van der Waals surface area contributed by atoms with Crippen LogP contribution in [0.2, 0.25) is 0 Å². The molecule has 0 saturated carbocycles. The average Bonchev–Trinajstić information content (AvgIpc) is 2.73. The first-order valence-electron chi connectivity index (χ1n) is 6.21. The average molecular weight is 237 g/mol. The van der Waals surface area contributed by atoms with Crippen molar-refractivity contribution in [1.82, 2.24) is 4.57 Å². The fraction of sp³-hybridized carbons (Fsp3) is 0.188. The van der Waals surface area contributed by atoms with E-state index >= 15 is 0 Å². The summed E-state index contributed by atoms with van der Waals surface area (Å²) < 4.78 is 2.24. The number of para-hydroxylation sites is 2. The molecule has 90 valence electrons. The number of aldehydes is 1. The van der Waals surface area contributed by atoms with Gasteiger partial charge < -0.3 is 4.57 Å². The number of aromatic nitrogens is 1. The van der Waals surface area contributed by atoms with Gasteiger partial charge in [0.05, 0.1) is 5.52 Å². The van der Waals surface area contributed by atoms with Crippen LogP contribution in [0.25, 0.3) is 21.8 Å². The summed E-state index contributed by atoms with van der Waals surface area (Å²) in [7, 11) is 0. The number of nitrogens with zero attached hydrogens (tertiary/aromatic N) is 1. The van der Waals surface area contributed by atoms with E-state index in [9.17, 15) is 4.79 Å². The molecule has 0 N–H and O–H groups in total. The molecule has 18 heavy (non-hydrogen) atoms. The van der Waals surface area contributed by atoms with Crippen LogP contribution in [0.1, 0.15) is 30.2 Å². The second-order valence-corrected chi connectivity index (χ2v) is 4.84. The first-order chi connectivity index (χ1) is 8.74. The zero-order chi connectivity index (χ0) is 12.7. The third-order valence-electron chi connectivity index (χ3n) is 3.41. The molecule has 0 fully saturated rings. The highest BCUT2D eigenvalue weighted by Crippen LogP contribution is 2.33. The van der Waals surface area contributed by atoms with Crippen LogP contribution in [-0.2, 0) is 0 Å². The van der Waals surface area contributed by atoms with Gasteiger partial charge in [0.15, 0.2) is 6.29 Å². The smallest absolute Gasteiger partial charge is 0.152 e. The van der Waals surface area contributed by atoms with Crippen molar-refractivity contribution >= 4 is 28.1 Å². The summed E-state index contributed by atoms with van der Waals surface area (Å²) in [5.74, 6) is 0. The van der Waals surface area contributed by atoms with E-state index in [0.717, 1.165) is 22.8 Å². The molecular weight excluding hydrogens is 222 g/mol. The van der Waals surface area contributed by atoms with Crippen LogP contribution < -0.4 is 0 Å². The second-order valence-electron chi connectivity index (χ2n) is 4.84. The van der Waals surface area contributed by atoms with Crippen LogP contribution in [0, 0.1) is 0 Å². The molecule has 0 amide bonds. The standard InChI is InChI=1S/C16H15NO/c1-11(2)17-15-9-4-3-7-13(15)14-8-5-6-12(10-18)16(14)17/h3-11H,1-2H3. The maximum Gasteiger partial charge on any atom is 0.152 e. The van der Waals surface area contributed by atoms with Gasteiger partial charge in [-0.15, -0.1) is 0 Å². The summed E-state index contributed by atoms with van der Waals surface area (Å²) in [4.78, 5) is 11.3. The summed E-state index contributed by atoms with van der Waals surface area (Å²) in [6, 6.07) is 14.6. The van der Waals surface area contributed by atoms with E-state index in [4.69, 9.17) is 0 Å². The minimum Gasteiger partial charge on any atom is -0.337 e. The van der Waals surface area contributed by atoms with Gasteiger partial charge in [0.25, 0.3) is 0 Å². The van der Waals surface area contributed by atoms with Crippen LogP contribution >= 0.6 is 0 Å². The van der Waals surface area contributed by atoms with Crippen LogP contribution in [-0.4, -0.2) is 10.9 Å². The fourth-order valence-corrected chi connectivity index (χ4v) is 2.71. The minimum absolute atomic E-state index is 0.327. The van der Waals surface area contributed by atoms with Crippen molar-refractivity contribution in [2.24, 2.45) is 0 Å². The Morgan fingerprint density at radius 3 is 2.44 bits per heavy atom. The lowest BCUT2D eigenvalue weighted by Crippen LogP contribution is -2.01. The number of carbonyl (C=O) groups is 1. The van der Waals surface area contributed by atoms with Crippen molar-refractivity contribution in [1.29, 1.82) is 0 Å². The van der Waals surface area contributed by atoms with Crippen molar-refractivity contribution in [3.63, 3.8) is 0 Å². The third-order valence-corrected chi connectivity index (χ3v) is 3.41. The summed E-state index contributed by atoms with van der Waals surface area (Å²) in [6.07, 6.45) is 0.945. The highest BCUT2D eigenvalue weighted by molar-refractivity contribution is 6.12. The van der Waals surface area contributed by atoms with Gasteiger partial charge in [0, 0.05) is 27.9 Å². The van der Waals surface area contributed by atoms with Gasteiger partial charge in [0.1, 0.15) is 0 Å². The number of fused-ring (bicyclic) bond motifs is 3. The summed E-state index contributed by atoms with van der Waals surface area (Å²) in [6.45, 7) is 4.29. The van der Waals surface area contributed by atoms with E-state index < -0.39 is 0 Å². The molecule has 2 aromatic carbocycles. The van der Waals surface area contributed by atoms with E-state index in [1.807, 2.05) is 24.3 Å². The quantitative estimate of drug-likeness (QED) is 0.612. The van der Waals surface area contributed by atoms with E-state index in [2.05, 4.69) is 36.6 Å². The highest BCUT2D eigenvalue weighted by atomic mass is 16.1. The lowest BCUT2D eigenvalue weighted by molar-refractivity contribution is 0.112. The van der Waals surface area contributed by atoms with Gasteiger partial charge in [-0.25, -0.2) is 0 Å². The van der Waals surface area contributed by atoms with Crippen molar-refractivity contribution in [3.05, 3.63) is 48.0 Å². The Labute approximate surface area is 106 Å². The van der Waals surface area contributed by atoms with Gasteiger partial charge in [-0.3, -0.25) is 4.79 Å². The molecule has 0 atom stereocenters. The molecule has 0 aliphatic carbocycles. The zero-order valence-electron chi connectivity index (χ0n) is 10.6. The largest absolute Gasteiger partial charge is 0.337 e. The van der Waals surface area contributed by atoms with Crippen LogP contribution in [0.3, 0.4) is 0 Å². The Morgan fingerprint density at radius 2 is 1.72 bits per heavy atom. The molecule has 0 aliphatic heterocycles. The Morgan fingerprint density at radius 1 is 1.00 bits per heavy atom. The Bertz CT molecular complexity index is 737. The van der Waals surface area contributed by atoms with E-state index in [-0.39, 0.29) is 0 Å². The Balaban J connectivity index is 2.62. The van der Waals surface area contributed by atoms with E-state index in [1.54, 1.807) is 0 Å². The molecular formula is C16H15NO. The molecule has 0 aliphatic rings. The number of hydrogen-bond donors (Lipinski definition) is 0. The third kappa shape index (κ3) is 1.39. The molecule has 1 heterocycles. The van der Waals surface area contributed by atoms with Crippen LogP contribution in [0.15, 0.2) is 42.5 Å². The normalized spacial score (nSPS) is 11.5. The van der Waals surface area contributed by atoms with Crippen molar-refractivity contribution < 1.29 is 4.79 Å². The molecule has 1 aromatic heterocycles. The first-order valence-corrected chi connectivity index (χ1v) is 6.21. The maximum atomic E-state index is 11.3. The number of carbonyl (C=O) groups excluding carboxylic acids is 1. The molecule has 3 aromatic rings. The lowest BCUT2D eigenvalue weighted by atomic mass is 10.1. The fourth-order valence-electron chi connectivity index (χ4n) is 2.71. The van der Waals surface area contributed by atoms with Gasteiger partial charge in [-0.05, 0) is 26.0 Å². The number of benzene rings is 2. The highest BCUT2D eigenvalue weighted by Gasteiger charge is 2.14. The minimum atomic E-state index is 0.327. The molecule has 2 nitrogen and oxygen atoms in total. The van der Waals surface area contributed by atoms with Crippen LogP contribution in [0.5, 0.6) is 0 Å². The molecule has 0 saturated heterocycles.